The van der Waals surface area contributed by atoms with Gasteiger partial charge in [-0.05, 0) is 0 Å². The molecule has 0 spiro atoms. The zero-order chi connectivity index (χ0) is 7.33. The van der Waals surface area contributed by atoms with Crippen molar-refractivity contribution >= 4 is 10.2 Å². The summed E-state index contributed by atoms with van der Waals surface area (Å²) in [5.74, 6) is -0.612. The second-order valence-corrected chi connectivity index (χ2v) is 2.77. The van der Waals surface area contributed by atoms with Gasteiger partial charge >= 0.3 is 10.2 Å². The molecule has 5 heteroatoms. The molecule has 0 fully saturated rings. The molecule has 0 N–H and O–H groups in total. The van der Waals surface area contributed by atoms with E-state index in [1.165, 1.54) is 0 Å². The fourth-order valence-electron chi connectivity index (χ4n) is 0.231. The van der Waals surface area contributed by atoms with Gasteiger partial charge in [0.1, 0.15) is 12.4 Å². The van der Waals surface area contributed by atoms with E-state index in [0.717, 1.165) is 6.26 Å². The molecule has 0 rings (SSSR count). The summed E-state index contributed by atoms with van der Waals surface area (Å²) >= 11 is 0. The zero-order valence-corrected chi connectivity index (χ0v) is 5.53. The molecule has 0 amide bonds. The maximum absolute atomic E-state index is 11.6. The Bertz CT molecular complexity index is 172. The van der Waals surface area contributed by atoms with Gasteiger partial charge in [-0.2, -0.15) is 8.42 Å². The first-order chi connectivity index (χ1) is 4.06. The third-order valence-corrected chi connectivity index (χ3v) is 1.22. The highest BCUT2D eigenvalue weighted by atomic mass is 32.3. The summed E-state index contributed by atoms with van der Waals surface area (Å²) in [7, 11) is -4.37. The van der Waals surface area contributed by atoms with Crippen LogP contribution in [0.2, 0.25) is 0 Å². The third-order valence-electron chi connectivity index (χ3n) is 0.563. The number of ether oxygens (including phenoxy) is 1. The second kappa shape index (κ2) is 3.45. The van der Waals surface area contributed by atoms with E-state index < -0.39 is 16.0 Å². The van der Waals surface area contributed by atoms with Crippen LogP contribution in [0.5, 0.6) is 0 Å². The highest BCUT2D eigenvalue weighted by Crippen LogP contribution is 1.89. The smallest absolute Gasteiger partial charge is 0.305 e. The van der Waals surface area contributed by atoms with Gasteiger partial charge in [-0.1, -0.05) is 6.58 Å². The molecule has 0 saturated carbocycles. The van der Waals surface area contributed by atoms with Crippen molar-refractivity contribution in [2.24, 2.45) is 0 Å². The van der Waals surface area contributed by atoms with Crippen molar-refractivity contribution in [1.29, 1.82) is 0 Å². The number of rotatable bonds is 4. The molecule has 0 aromatic rings. The number of hydrogen-bond donors (Lipinski definition) is 0. The Labute approximate surface area is 53.3 Å². The van der Waals surface area contributed by atoms with Crippen LogP contribution in [0.1, 0.15) is 0 Å². The minimum absolute atomic E-state index is 0.178. The average Bonchev–Trinajstić information content (AvgIpc) is 1.63. The van der Waals surface area contributed by atoms with Crippen molar-refractivity contribution in [1.82, 2.24) is 0 Å². The van der Waals surface area contributed by atoms with E-state index in [2.05, 4.69) is 11.3 Å². The highest BCUT2D eigenvalue weighted by molar-refractivity contribution is 7.86. The van der Waals surface area contributed by atoms with Crippen LogP contribution in [0.4, 0.5) is 3.89 Å². The first kappa shape index (κ1) is 8.42. The standard InChI is InChI=1S/C4H7FO3S/c1-2-8-3-4-9(5,6)7/h2H,1,3-4H2. The molecule has 9 heavy (non-hydrogen) atoms. The van der Waals surface area contributed by atoms with Crippen molar-refractivity contribution in [3.05, 3.63) is 12.8 Å². The summed E-state index contributed by atoms with van der Waals surface area (Å²) < 4.78 is 35.4. The fraction of sp³-hybridized carbons (Fsp3) is 0.500. The molecule has 0 bridgehead atoms. The van der Waals surface area contributed by atoms with Crippen LogP contribution in [0.25, 0.3) is 0 Å². The summed E-state index contributed by atoms with van der Waals surface area (Å²) in [5.41, 5.74) is 0. The van der Waals surface area contributed by atoms with Crippen molar-refractivity contribution in [3.63, 3.8) is 0 Å². The van der Waals surface area contributed by atoms with Crippen molar-refractivity contribution in [3.8, 4) is 0 Å². The molecule has 0 radical (unpaired) electrons. The molecule has 0 aromatic heterocycles. The molecule has 0 unspecified atom stereocenters. The predicted molar refractivity (Wildman–Crippen MR) is 31.0 cm³/mol. The minimum atomic E-state index is -4.37. The number of hydrogen-bond acceptors (Lipinski definition) is 3. The monoisotopic (exact) mass is 154 g/mol. The highest BCUT2D eigenvalue weighted by Gasteiger charge is 2.04. The minimum Gasteiger partial charge on any atom is -0.501 e. The fourth-order valence-corrected chi connectivity index (χ4v) is 0.526. The van der Waals surface area contributed by atoms with Gasteiger partial charge in [0.05, 0.1) is 6.26 Å². The van der Waals surface area contributed by atoms with Crippen LogP contribution in [-0.2, 0) is 15.0 Å². The maximum Gasteiger partial charge on any atom is 0.305 e. The van der Waals surface area contributed by atoms with E-state index >= 15 is 0 Å². The van der Waals surface area contributed by atoms with E-state index in [9.17, 15) is 12.3 Å². The van der Waals surface area contributed by atoms with Crippen LogP contribution in [0.15, 0.2) is 12.8 Å². The lowest BCUT2D eigenvalue weighted by Crippen LogP contribution is -2.04. The van der Waals surface area contributed by atoms with Crippen molar-refractivity contribution in [2.75, 3.05) is 12.4 Å². The van der Waals surface area contributed by atoms with Crippen molar-refractivity contribution in [2.45, 2.75) is 0 Å². The third kappa shape index (κ3) is 7.42. The Morgan fingerprint density at radius 2 is 2.22 bits per heavy atom. The lowest BCUT2D eigenvalue weighted by molar-refractivity contribution is 0.270. The topological polar surface area (TPSA) is 43.4 Å². The van der Waals surface area contributed by atoms with Gasteiger partial charge in [0.2, 0.25) is 0 Å². The average molecular weight is 154 g/mol. The molecule has 0 aromatic carbocycles. The molecular weight excluding hydrogens is 147 g/mol. The van der Waals surface area contributed by atoms with Crippen LogP contribution in [0.3, 0.4) is 0 Å². The molecule has 54 valence electrons. The Hall–Kier alpha value is -0.580. The van der Waals surface area contributed by atoms with E-state index in [-0.39, 0.29) is 6.61 Å². The van der Waals surface area contributed by atoms with Gasteiger partial charge in [-0.25, -0.2) is 0 Å². The molecule has 0 aliphatic carbocycles. The van der Waals surface area contributed by atoms with Crippen LogP contribution < -0.4 is 0 Å². The van der Waals surface area contributed by atoms with Gasteiger partial charge in [-0.3, -0.25) is 0 Å². The summed E-state index contributed by atoms with van der Waals surface area (Å²) in [5, 5.41) is 0. The Kier molecular flexibility index (Phi) is 3.22. The van der Waals surface area contributed by atoms with Gasteiger partial charge in [0.15, 0.2) is 0 Å². The summed E-state index contributed by atoms with van der Waals surface area (Å²) in [6.07, 6.45) is 1.06. The van der Waals surface area contributed by atoms with Gasteiger partial charge in [-0.15, -0.1) is 3.89 Å². The van der Waals surface area contributed by atoms with E-state index in [1.54, 1.807) is 0 Å². The van der Waals surface area contributed by atoms with E-state index in [0.29, 0.717) is 0 Å². The first-order valence-electron chi connectivity index (χ1n) is 2.21. The largest absolute Gasteiger partial charge is 0.501 e. The molecule has 0 saturated heterocycles. The molecule has 0 heterocycles. The Morgan fingerprint density at radius 1 is 1.67 bits per heavy atom. The lowest BCUT2D eigenvalue weighted by atomic mass is 10.8. The first-order valence-corrected chi connectivity index (χ1v) is 3.76. The lowest BCUT2D eigenvalue weighted by Gasteiger charge is -1.93. The van der Waals surface area contributed by atoms with Gasteiger partial charge in [0, 0.05) is 0 Å². The molecule has 0 atom stereocenters. The predicted octanol–water partition coefficient (Wildman–Crippen LogP) is 0.446. The van der Waals surface area contributed by atoms with Crippen molar-refractivity contribution < 1.29 is 17.0 Å². The quantitative estimate of drug-likeness (QED) is 0.335. The maximum atomic E-state index is 11.6. The second-order valence-electron chi connectivity index (χ2n) is 1.28. The molecule has 3 nitrogen and oxygen atoms in total. The van der Waals surface area contributed by atoms with E-state index in [1.807, 2.05) is 0 Å². The van der Waals surface area contributed by atoms with Gasteiger partial charge < -0.3 is 4.74 Å². The van der Waals surface area contributed by atoms with E-state index in [4.69, 9.17) is 0 Å². The normalized spacial score (nSPS) is 10.8. The zero-order valence-electron chi connectivity index (χ0n) is 4.71. The number of halogens is 1. The van der Waals surface area contributed by atoms with Crippen LogP contribution >= 0.6 is 0 Å². The summed E-state index contributed by atoms with van der Waals surface area (Å²) in [4.78, 5) is 0. The van der Waals surface area contributed by atoms with Crippen LogP contribution in [0, 0.1) is 0 Å². The Morgan fingerprint density at radius 3 is 2.56 bits per heavy atom. The Balaban J connectivity index is 3.40. The van der Waals surface area contributed by atoms with Gasteiger partial charge in [0.25, 0.3) is 0 Å². The molecule has 0 aliphatic heterocycles. The summed E-state index contributed by atoms with van der Waals surface area (Å²) in [6.45, 7) is 2.96. The SMILES string of the molecule is C=COCCS(=O)(=O)F. The molecular formula is C4H7FO3S. The summed E-state index contributed by atoms with van der Waals surface area (Å²) in [6, 6.07) is 0. The molecule has 0 aliphatic rings. The van der Waals surface area contributed by atoms with Crippen LogP contribution in [-0.4, -0.2) is 20.8 Å².